The number of aromatic nitrogens is 2. The van der Waals surface area contributed by atoms with Crippen molar-refractivity contribution in [3.8, 4) is 0 Å². The Morgan fingerprint density at radius 2 is 2.12 bits per heavy atom. The average Bonchev–Trinajstić information content (AvgIpc) is 2.66. The second kappa shape index (κ2) is 3.34. The molecule has 0 saturated heterocycles. The summed E-state index contributed by atoms with van der Waals surface area (Å²) >= 11 is 0. The first-order valence-electron chi connectivity index (χ1n) is 4.83. The van der Waals surface area contributed by atoms with E-state index in [9.17, 15) is 9.90 Å². The molecule has 1 unspecified atom stereocenters. The Morgan fingerprint density at radius 1 is 1.50 bits per heavy atom. The van der Waals surface area contributed by atoms with Crippen LogP contribution in [0.15, 0.2) is 4.42 Å². The van der Waals surface area contributed by atoms with Crippen LogP contribution in [0, 0.1) is 13.8 Å². The number of carboxylic acids is 1. The Balaban J connectivity index is 2.74. The van der Waals surface area contributed by atoms with Gasteiger partial charge < -0.3 is 14.6 Å². The second-order valence-electron chi connectivity index (χ2n) is 3.70. The van der Waals surface area contributed by atoms with Gasteiger partial charge in [-0.2, -0.15) is 0 Å². The molecule has 0 saturated carbocycles. The molecule has 2 rings (SSSR count). The number of aryl methyl sites for hydroxylation is 2. The summed E-state index contributed by atoms with van der Waals surface area (Å²) in [6, 6.07) is 0. The van der Waals surface area contributed by atoms with Gasteiger partial charge in [0.1, 0.15) is 6.23 Å². The summed E-state index contributed by atoms with van der Waals surface area (Å²) in [6.07, 6.45) is -0.768. The number of carboxylic acid groups (broad SMARTS) is 1. The van der Waals surface area contributed by atoms with Crippen molar-refractivity contribution in [3.63, 3.8) is 0 Å². The van der Waals surface area contributed by atoms with Gasteiger partial charge in [0.05, 0.1) is 5.39 Å². The van der Waals surface area contributed by atoms with Gasteiger partial charge in [-0.15, -0.1) is 5.10 Å². The highest BCUT2D eigenvalue weighted by Crippen LogP contribution is 2.28. The number of hydrogen-bond acceptors (Lipinski definition) is 4. The molecule has 0 fully saturated rings. The lowest BCUT2D eigenvalue weighted by molar-refractivity contribution is 0.0663. The van der Waals surface area contributed by atoms with Crippen molar-refractivity contribution in [1.82, 2.24) is 9.78 Å². The maximum absolute atomic E-state index is 10.8. The van der Waals surface area contributed by atoms with Crippen LogP contribution in [0.3, 0.4) is 0 Å². The summed E-state index contributed by atoms with van der Waals surface area (Å²) in [5.41, 5.74) is 1.47. The van der Waals surface area contributed by atoms with Gasteiger partial charge in [-0.3, -0.25) is 0 Å². The van der Waals surface area contributed by atoms with Gasteiger partial charge in [0, 0.05) is 11.3 Å². The van der Waals surface area contributed by atoms with Crippen LogP contribution in [0.25, 0.3) is 11.1 Å². The quantitative estimate of drug-likeness (QED) is 0.806. The van der Waals surface area contributed by atoms with Crippen LogP contribution in [-0.4, -0.2) is 26.0 Å². The Hall–Kier alpha value is -1.82. The lowest BCUT2D eigenvalue weighted by Gasteiger charge is -2.06. The zero-order valence-corrected chi connectivity index (χ0v) is 9.18. The molecule has 2 N–H and O–H groups in total. The third kappa shape index (κ3) is 1.30. The van der Waals surface area contributed by atoms with Gasteiger partial charge in [0.15, 0.2) is 0 Å². The zero-order valence-electron chi connectivity index (χ0n) is 9.18. The third-order valence-electron chi connectivity index (χ3n) is 2.58. The van der Waals surface area contributed by atoms with Crippen LogP contribution in [0.5, 0.6) is 0 Å². The molecule has 0 aliphatic rings. The van der Waals surface area contributed by atoms with E-state index in [1.807, 2.05) is 0 Å². The number of aromatic carboxylic acids is 1. The highest BCUT2D eigenvalue weighted by atomic mass is 16.4. The fraction of sp³-hybridized carbons (Fsp3) is 0.400. The first-order valence-corrected chi connectivity index (χ1v) is 4.83. The Bertz CT molecular complexity index is 565. The molecule has 2 heterocycles. The van der Waals surface area contributed by atoms with E-state index in [4.69, 9.17) is 9.52 Å². The van der Waals surface area contributed by atoms with Crippen molar-refractivity contribution < 1.29 is 19.4 Å². The van der Waals surface area contributed by atoms with E-state index >= 15 is 0 Å². The van der Waals surface area contributed by atoms with Crippen molar-refractivity contribution >= 4 is 17.1 Å². The van der Waals surface area contributed by atoms with E-state index in [1.54, 1.807) is 20.8 Å². The van der Waals surface area contributed by atoms with Crippen molar-refractivity contribution in [2.45, 2.75) is 27.0 Å². The van der Waals surface area contributed by atoms with Gasteiger partial charge >= 0.3 is 5.97 Å². The molecule has 2 aromatic rings. The van der Waals surface area contributed by atoms with Crippen LogP contribution in [0.1, 0.15) is 35.0 Å². The smallest absolute Gasteiger partial charge is 0.372 e. The number of rotatable bonds is 2. The largest absolute Gasteiger partial charge is 0.475 e. The Kier molecular flexibility index (Phi) is 2.23. The number of hydrogen-bond donors (Lipinski definition) is 2. The summed E-state index contributed by atoms with van der Waals surface area (Å²) in [5, 5.41) is 23.0. The van der Waals surface area contributed by atoms with Crippen LogP contribution < -0.4 is 0 Å². The minimum absolute atomic E-state index is 0.0988. The molecule has 0 aliphatic carbocycles. The summed E-state index contributed by atoms with van der Waals surface area (Å²) in [7, 11) is 0. The average molecular weight is 224 g/mol. The molecule has 0 aromatic carbocycles. The van der Waals surface area contributed by atoms with E-state index < -0.39 is 12.2 Å². The molecule has 0 aliphatic heterocycles. The number of carbonyl (C=O) groups is 1. The molecule has 16 heavy (non-hydrogen) atoms. The first-order chi connectivity index (χ1) is 7.43. The number of aliphatic hydroxyl groups excluding tert-OH is 1. The maximum atomic E-state index is 10.8. The van der Waals surface area contributed by atoms with Gasteiger partial charge in [0.2, 0.25) is 11.5 Å². The number of fused-ring (bicyclic) bond motifs is 1. The van der Waals surface area contributed by atoms with Crippen LogP contribution in [0.4, 0.5) is 0 Å². The molecular weight excluding hydrogens is 212 g/mol. The molecule has 86 valence electrons. The van der Waals surface area contributed by atoms with Crippen LogP contribution >= 0.6 is 0 Å². The van der Waals surface area contributed by atoms with Gasteiger partial charge in [0.25, 0.3) is 0 Å². The lowest BCUT2D eigenvalue weighted by atomic mass is 10.2. The first kappa shape index (κ1) is 10.7. The monoisotopic (exact) mass is 224 g/mol. The topological polar surface area (TPSA) is 88.5 Å². The summed E-state index contributed by atoms with van der Waals surface area (Å²) in [4.78, 5) is 10.8. The fourth-order valence-corrected chi connectivity index (χ4v) is 1.85. The van der Waals surface area contributed by atoms with Crippen molar-refractivity contribution in [2.75, 3.05) is 0 Å². The van der Waals surface area contributed by atoms with E-state index in [0.29, 0.717) is 16.6 Å². The molecule has 6 nitrogen and oxygen atoms in total. The zero-order chi connectivity index (χ0) is 12.0. The van der Waals surface area contributed by atoms with E-state index in [0.717, 1.165) is 0 Å². The molecular formula is C10H12N2O4. The predicted molar refractivity (Wildman–Crippen MR) is 55.4 cm³/mol. The molecule has 1 atom stereocenters. The lowest BCUT2D eigenvalue weighted by Crippen LogP contribution is -2.07. The number of nitrogens with zero attached hydrogens (tertiary/aromatic N) is 2. The maximum Gasteiger partial charge on any atom is 0.372 e. The highest BCUT2D eigenvalue weighted by Gasteiger charge is 2.22. The molecule has 6 heteroatoms. The number of aliphatic hydroxyl groups is 1. The van der Waals surface area contributed by atoms with Gasteiger partial charge in [-0.05, 0) is 20.8 Å². The second-order valence-corrected chi connectivity index (χ2v) is 3.70. The summed E-state index contributed by atoms with van der Waals surface area (Å²) < 4.78 is 6.52. The van der Waals surface area contributed by atoms with E-state index in [2.05, 4.69) is 5.10 Å². The van der Waals surface area contributed by atoms with Crippen LogP contribution in [0.2, 0.25) is 0 Å². The Morgan fingerprint density at radius 3 is 2.56 bits per heavy atom. The molecule has 0 amide bonds. The molecule has 0 radical (unpaired) electrons. The predicted octanol–water partition coefficient (Wildman–Crippen LogP) is 1.46. The summed E-state index contributed by atoms with van der Waals surface area (Å²) in [5.74, 6) is -1.21. The van der Waals surface area contributed by atoms with Crippen molar-refractivity contribution in [1.29, 1.82) is 0 Å². The normalized spacial score (nSPS) is 13.2. The van der Waals surface area contributed by atoms with Crippen LogP contribution in [-0.2, 0) is 0 Å². The van der Waals surface area contributed by atoms with Gasteiger partial charge in [-0.25, -0.2) is 9.48 Å². The van der Waals surface area contributed by atoms with Crippen molar-refractivity contribution in [3.05, 3.63) is 17.0 Å². The molecule has 0 bridgehead atoms. The van der Waals surface area contributed by atoms with Gasteiger partial charge in [-0.1, -0.05) is 0 Å². The molecule has 0 spiro atoms. The van der Waals surface area contributed by atoms with E-state index in [1.165, 1.54) is 4.68 Å². The molecule has 2 aromatic heterocycles. The highest BCUT2D eigenvalue weighted by molar-refractivity contribution is 5.94. The third-order valence-corrected chi connectivity index (χ3v) is 2.58. The number of furan rings is 1. The van der Waals surface area contributed by atoms with Crippen molar-refractivity contribution in [2.24, 2.45) is 0 Å². The van der Waals surface area contributed by atoms with E-state index in [-0.39, 0.29) is 11.5 Å². The summed E-state index contributed by atoms with van der Waals surface area (Å²) in [6.45, 7) is 5.00. The standard InChI is InChI=1S/C10H12N2O4/c1-4-7-5(2)12(6(3)13)11-9(7)16-8(4)10(14)15/h6,13H,1-3H3,(H,14,15). The Labute approximate surface area is 91.1 Å². The minimum atomic E-state index is -1.11. The minimum Gasteiger partial charge on any atom is -0.475 e. The fourth-order valence-electron chi connectivity index (χ4n) is 1.85. The SMILES string of the molecule is Cc1c(C(=O)O)oc2nn(C(C)O)c(C)c12.